The second kappa shape index (κ2) is 6.07. The summed E-state index contributed by atoms with van der Waals surface area (Å²) in [4.78, 5) is 12.3. The van der Waals surface area contributed by atoms with Gasteiger partial charge in [-0.05, 0) is 37.3 Å². The Kier molecular flexibility index (Phi) is 4.11. The number of rotatable bonds is 3. The summed E-state index contributed by atoms with van der Waals surface area (Å²) in [5.41, 5.74) is 5.94. The molecule has 5 heteroatoms. The van der Waals surface area contributed by atoms with E-state index < -0.39 is 0 Å². The van der Waals surface area contributed by atoms with Crippen LogP contribution in [-0.4, -0.2) is 15.8 Å². The molecule has 2 aromatic rings. The van der Waals surface area contributed by atoms with Gasteiger partial charge in [0.2, 0.25) is 0 Å². The second-order valence-corrected chi connectivity index (χ2v) is 6.57. The topological polar surface area (TPSA) is 59.0 Å². The van der Waals surface area contributed by atoms with E-state index in [1.165, 1.54) is 16.7 Å². The van der Waals surface area contributed by atoms with E-state index in [0.717, 1.165) is 17.7 Å². The van der Waals surface area contributed by atoms with E-state index in [1.54, 1.807) is 6.20 Å². The smallest absolute Gasteiger partial charge is 0.315 e. The van der Waals surface area contributed by atoms with Crippen LogP contribution in [0.3, 0.4) is 0 Å². The lowest BCUT2D eigenvalue weighted by atomic mass is 10.0. The minimum absolute atomic E-state index is 0.0832. The summed E-state index contributed by atoms with van der Waals surface area (Å²) in [6.45, 7) is 6.77. The van der Waals surface area contributed by atoms with Crippen LogP contribution in [0.15, 0.2) is 24.4 Å². The molecule has 1 aromatic heterocycles. The first-order valence-corrected chi connectivity index (χ1v) is 8.07. The lowest BCUT2D eigenvalue weighted by Crippen LogP contribution is -2.38. The third-order valence-electron chi connectivity index (χ3n) is 4.81. The Morgan fingerprint density at radius 1 is 1.39 bits per heavy atom. The number of amides is 2. The maximum absolute atomic E-state index is 12.3. The molecule has 0 aliphatic heterocycles. The first-order valence-electron chi connectivity index (χ1n) is 8.07. The summed E-state index contributed by atoms with van der Waals surface area (Å²) in [6, 6.07) is 6.47. The third-order valence-corrected chi connectivity index (χ3v) is 4.81. The highest BCUT2D eigenvalue weighted by Crippen LogP contribution is 2.36. The van der Waals surface area contributed by atoms with E-state index in [1.807, 2.05) is 18.7 Å². The minimum atomic E-state index is -0.126. The molecule has 1 aliphatic rings. The molecule has 0 fully saturated rings. The van der Waals surface area contributed by atoms with Crippen LogP contribution in [0.4, 0.5) is 4.79 Å². The van der Waals surface area contributed by atoms with Gasteiger partial charge in [-0.1, -0.05) is 30.7 Å². The summed E-state index contributed by atoms with van der Waals surface area (Å²) in [5, 5.41) is 10.3. The zero-order valence-corrected chi connectivity index (χ0v) is 14.2. The molecule has 122 valence electrons. The van der Waals surface area contributed by atoms with Crippen LogP contribution in [0, 0.1) is 19.8 Å². The standard InChI is InChI=1S/C18H24N4O/c1-11-5-6-14-8-12(2)17(16(14)7-11)21-18(23)19-9-15-10-20-22(4)13(15)3/h5-7,10,12,17H,8-9H2,1-4H3,(H2,19,21,23)/t12-,17+/m1/s1. The molecule has 0 radical (unpaired) electrons. The Balaban J connectivity index is 1.64. The van der Waals surface area contributed by atoms with Gasteiger partial charge in [0.1, 0.15) is 0 Å². The lowest BCUT2D eigenvalue weighted by molar-refractivity contribution is 0.233. The highest BCUT2D eigenvalue weighted by molar-refractivity contribution is 5.74. The molecule has 2 amide bonds. The molecule has 1 aromatic carbocycles. The fourth-order valence-corrected chi connectivity index (χ4v) is 3.27. The van der Waals surface area contributed by atoms with Crippen molar-refractivity contribution in [3.63, 3.8) is 0 Å². The first-order chi connectivity index (χ1) is 11.0. The van der Waals surface area contributed by atoms with Crippen LogP contribution in [0.2, 0.25) is 0 Å². The summed E-state index contributed by atoms with van der Waals surface area (Å²) in [7, 11) is 1.90. The van der Waals surface area contributed by atoms with Crippen LogP contribution in [0.5, 0.6) is 0 Å². The molecular formula is C18H24N4O. The number of aromatic nitrogens is 2. The van der Waals surface area contributed by atoms with Crippen LogP contribution in [0.25, 0.3) is 0 Å². The average molecular weight is 312 g/mol. The van der Waals surface area contributed by atoms with E-state index in [4.69, 9.17) is 0 Å². The zero-order chi connectivity index (χ0) is 16.6. The number of hydrogen-bond acceptors (Lipinski definition) is 2. The monoisotopic (exact) mass is 312 g/mol. The molecule has 0 spiro atoms. The molecule has 0 saturated heterocycles. The highest BCUT2D eigenvalue weighted by atomic mass is 16.2. The summed E-state index contributed by atoms with van der Waals surface area (Å²) in [6.07, 6.45) is 2.81. The molecule has 2 N–H and O–H groups in total. The van der Waals surface area contributed by atoms with Crippen molar-refractivity contribution in [2.45, 2.75) is 39.8 Å². The van der Waals surface area contributed by atoms with E-state index in [0.29, 0.717) is 12.5 Å². The average Bonchev–Trinajstić information content (AvgIpc) is 2.99. The molecule has 23 heavy (non-hydrogen) atoms. The molecule has 1 aliphatic carbocycles. The molecule has 0 unspecified atom stereocenters. The van der Waals surface area contributed by atoms with Crippen molar-refractivity contribution in [3.8, 4) is 0 Å². The summed E-state index contributed by atoms with van der Waals surface area (Å²) < 4.78 is 1.81. The minimum Gasteiger partial charge on any atom is -0.334 e. The van der Waals surface area contributed by atoms with Gasteiger partial charge in [0.15, 0.2) is 0 Å². The van der Waals surface area contributed by atoms with Gasteiger partial charge < -0.3 is 10.6 Å². The SMILES string of the molecule is Cc1ccc2c(c1)[C@@H](NC(=O)NCc1cnn(C)c1C)[C@H](C)C2. The zero-order valence-electron chi connectivity index (χ0n) is 14.2. The number of carbonyl (C=O) groups is 1. The van der Waals surface area contributed by atoms with Crippen molar-refractivity contribution < 1.29 is 4.79 Å². The fraction of sp³-hybridized carbons (Fsp3) is 0.444. The number of urea groups is 1. The van der Waals surface area contributed by atoms with Gasteiger partial charge in [0, 0.05) is 24.8 Å². The first kappa shape index (κ1) is 15.6. The Labute approximate surface area is 137 Å². The van der Waals surface area contributed by atoms with Crippen molar-refractivity contribution in [1.82, 2.24) is 20.4 Å². The van der Waals surface area contributed by atoms with Crippen LogP contribution in [-0.2, 0) is 20.0 Å². The third kappa shape index (κ3) is 3.09. The van der Waals surface area contributed by atoms with Gasteiger partial charge in [-0.3, -0.25) is 4.68 Å². The molecule has 0 saturated carbocycles. The number of nitrogens with one attached hydrogen (secondary N) is 2. The molecular weight excluding hydrogens is 288 g/mol. The number of fused-ring (bicyclic) bond motifs is 1. The number of aryl methyl sites for hydroxylation is 2. The lowest BCUT2D eigenvalue weighted by Gasteiger charge is -2.19. The van der Waals surface area contributed by atoms with Crippen molar-refractivity contribution in [2.24, 2.45) is 13.0 Å². The Morgan fingerprint density at radius 2 is 2.17 bits per heavy atom. The maximum atomic E-state index is 12.3. The number of carbonyl (C=O) groups excluding carboxylic acids is 1. The quantitative estimate of drug-likeness (QED) is 0.915. The molecule has 3 rings (SSSR count). The highest BCUT2D eigenvalue weighted by Gasteiger charge is 2.30. The van der Waals surface area contributed by atoms with E-state index in [2.05, 4.69) is 47.8 Å². The summed E-state index contributed by atoms with van der Waals surface area (Å²) in [5.74, 6) is 0.415. The van der Waals surface area contributed by atoms with Gasteiger partial charge in [0.25, 0.3) is 0 Å². The number of nitrogens with zero attached hydrogens (tertiary/aromatic N) is 2. The molecule has 5 nitrogen and oxygen atoms in total. The van der Waals surface area contributed by atoms with Crippen LogP contribution < -0.4 is 10.6 Å². The normalized spacial score (nSPS) is 19.5. The van der Waals surface area contributed by atoms with Crippen molar-refractivity contribution >= 4 is 6.03 Å². The van der Waals surface area contributed by atoms with Crippen molar-refractivity contribution in [1.29, 1.82) is 0 Å². The Bertz CT molecular complexity index is 735. The number of hydrogen-bond donors (Lipinski definition) is 2. The molecule has 0 bridgehead atoms. The fourth-order valence-electron chi connectivity index (χ4n) is 3.27. The van der Waals surface area contributed by atoms with Gasteiger partial charge in [-0.25, -0.2) is 4.79 Å². The van der Waals surface area contributed by atoms with Crippen molar-refractivity contribution in [3.05, 3.63) is 52.3 Å². The Hall–Kier alpha value is -2.30. The Morgan fingerprint density at radius 3 is 2.87 bits per heavy atom. The van der Waals surface area contributed by atoms with E-state index in [-0.39, 0.29) is 12.1 Å². The second-order valence-electron chi connectivity index (χ2n) is 6.57. The predicted molar refractivity (Wildman–Crippen MR) is 90.1 cm³/mol. The van der Waals surface area contributed by atoms with Crippen LogP contribution >= 0.6 is 0 Å². The van der Waals surface area contributed by atoms with Gasteiger partial charge in [-0.15, -0.1) is 0 Å². The van der Waals surface area contributed by atoms with E-state index in [9.17, 15) is 4.79 Å². The molecule has 1 heterocycles. The van der Waals surface area contributed by atoms with Gasteiger partial charge >= 0.3 is 6.03 Å². The molecule has 2 atom stereocenters. The predicted octanol–water partition coefficient (Wildman–Crippen LogP) is 2.77. The maximum Gasteiger partial charge on any atom is 0.315 e. The largest absolute Gasteiger partial charge is 0.334 e. The summed E-state index contributed by atoms with van der Waals surface area (Å²) >= 11 is 0. The van der Waals surface area contributed by atoms with Gasteiger partial charge in [-0.2, -0.15) is 5.10 Å². The van der Waals surface area contributed by atoms with E-state index >= 15 is 0 Å². The number of benzene rings is 1. The van der Waals surface area contributed by atoms with Crippen molar-refractivity contribution in [2.75, 3.05) is 0 Å². The van der Waals surface area contributed by atoms with Gasteiger partial charge in [0.05, 0.1) is 12.2 Å². The van der Waals surface area contributed by atoms with Crippen LogP contribution in [0.1, 0.15) is 40.9 Å².